The second kappa shape index (κ2) is 8.65. The van der Waals surface area contributed by atoms with Crippen LogP contribution >= 0.6 is 0 Å². The van der Waals surface area contributed by atoms with Crippen molar-refractivity contribution in [2.45, 2.75) is 12.8 Å². The standard InChI is InChI=1S/C17H25N3O4/c1-19-6-3-7-20(9-8-19)12-13(17(23)24)10-16(22)18-14-4-2-5-15(21)11-14/h2,4-5,11,13,21H,3,6-10,12H2,1H3,(H,18,22)(H,23,24)/t13-/m1/s1. The van der Waals surface area contributed by atoms with Crippen LogP contribution in [0.4, 0.5) is 5.69 Å². The van der Waals surface area contributed by atoms with E-state index < -0.39 is 11.9 Å². The SMILES string of the molecule is CN1CCCN(C[C@@H](CC(=O)Nc2cccc(O)c2)C(=O)O)CC1. The Morgan fingerprint density at radius 2 is 2.04 bits per heavy atom. The first kappa shape index (κ1) is 18.2. The number of benzene rings is 1. The number of nitrogens with one attached hydrogen (secondary N) is 1. The molecule has 0 unspecified atom stereocenters. The number of hydrogen-bond acceptors (Lipinski definition) is 5. The first-order chi connectivity index (χ1) is 11.4. The lowest BCUT2D eigenvalue weighted by molar-refractivity contribution is -0.144. The van der Waals surface area contributed by atoms with E-state index in [0.29, 0.717) is 12.2 Å². The summed E-state index contributed by atoms with van der Waals surface area (Å²) in [6.45, 7) is 3.95. The molecule has 1 saturated heterocycles. The maximum atomic E-state index is 12.1. The number of carbonyl (C=O) groups is 2. The fourth-order valence-electron chi connectivity index (χ4n) is 2.84. The molecule has 1 heterocycles. The van der Waals surface area contributed by atoms with Crippen LogP contribution in [-0.4, -0.2) is 71.7 Å². The van der Waals surface area contributed by atoms with E-state index >= 15 is 0 Å². The Labute approximate surface area is 141 Å². The number of nitrogens with zero attached hydrogens (tertiary/aromatic N) is 2. The van der Waals surface area contributed by atoms with Crippen LogP contribution in [0.1, 0.15) is 12.8 Å². The van der Waals surface area contributed by atoms with Crippen LogP contribution < -0.4 is 5.32 Å². The summed E-state index contributed by atoms with van der Waals surface area (Å²) in [7, 11) is 2.06. The number of aromatic hydroxyl groups is 1. The van der Waals surface area contributed by atoms with Crippen LogP contribution in [0.25, 0.3) is 0 Å². The molecular weight excluding hydrogens is 310 g/mol. The first-order valence-corrected chi connectivity index (χ1v) is 8.16. The third-order valence-electron chi connectivity index (χ3n) is 4.20. The molecule has 3 N–H and O–H groups in total. The smallest absolute Gasteiger partial charge is 0.308 e. The van der Waals surface area contributed by atoms with Crippen molar-refractivity contribution in [2.24, 2.45) is 5.92 Å². The molecule has 1 aliphatic heterocycles. The summed E-state index contributed by atoms with van der Waals surface area (Å²) >= 11 is 0. The Morgan fingerprint density at radius 1 is 1.25 bits per heavy atom. The summed E-state index contributed by atoms with van der Waals surface area (Å²) in [4.78, 5) is 28.0. The molecule has 24 heavy (non-hydrogen) atoms. The monoisotopic (exact) mass is 335 g/mol. The molecule has 0 aromatic heterocycles. The zero-order chi connectivity index (χ0) is 17.5. The van der Waals surface area contributed by atoms with E-state index in [4.69, 9.17) is 0 Å². The maximum Gasteiger partial charge on any atom is 0.308 e. The van der Waals surface area contributed by atoms with Crippen LogP contribution in [-0.2, 0) is 9.59 Å². The number of carbonyl (C=O) groups excluding carboxylic acids is 1. The van der Waals surface area contributed by atoms with Gasteiger partial charge in [-0.3, -0.25) is 9.59 Å². The number of rotatable bonds is 6. The largest absolute Gasteiger partial charge is 0.508 e. The van der Waals surface area contributed by atoms with E-state index in [-0.39, 0.29) is 18.1 Å². The number of carboxylic acids is 1. The summed E-state index contributed by atoms with van der Waals surface area (Å²) in [5, 5.41) is 21.5. The van der Waals surface area contributed by atoms with Gasteiger partial charge in [0.1, 0.15) is 5.75 Å². The molecule has 1 atom stereocenters. The molecule has 1 aromatic carbocycles. The Hall–Kier alpha value is -2.12. The van der Waals surface area contributed by atoms with Crippen molar-refractivity contribution in [3.8, 4) is 5.75 Å². The summed E-state index contributed by atoms with van der Waals surface area (Å²) in [5.41, 5.74) is 0.459. The molecule has 0 saturated carbocycles. The number of hydrogen-bond donors (Lipinski definition) is 3. The fraction of sp³-hybridized carbons (Fsp3) is 0.529. The van der Waals surface area contributed by atoms with Crippen molar-refractivity contribution in [3.05, 3.63) is 24.3 Å². The molecule has 132 valence electrons. The Morgan fingerprint density at radius 3 is 2.75 bits per heavy atom. The van der Waals surface area contributed by atoms with Crippen LogP contribution in [0.2, 0.25) is 0 Å². The number of aliphatic carboxylic acids is 1. The highest BCUT2D eigenvalue weighted by Crippen LogP contribution is 2.17. The lowest BCUT2D eigenvalue weighted by Gasteiger charge is -2.23. The Balaban J connectivity index is 1.90. The van der Waals surface area contributed by atoms with Crippen molar-refractivity contribution in [1.29, 1.82) is 0 Å². The van der Waals surface area contributed by atoms with E-state index in [1.54, 1.807) is 12.1 Å². The average molecular weight is 335 g/mol. The van der Waals surface area contributed by atoms with Gasteiger partial charge in [-0.05, 0) is 38.7 Å². The van der Waals surface area contributed by atoms with Gasteiger partial charge in [-0.2, -0.15) is 0 Å². The first-order valence-electron chi connectivity index (χ1n) is 8.16. The number of amides is 1. The second-order valence-corrected chi connectivity index (χ2v) is 6.30. The fourth-order valence-corrected chi connectivity index (χ4v) is 2.84. The van der Waals surface area contributed by atoms with Gasteiger partial charge in [0.05, 0.1) is 5.92 Å². The second-order valence-electron chi connectivity index (χ2n) is 6.30. The molecule has 1 aromatic rings. The zero-order valence-corrected chi connectivity index (χ0v) is 13.9. The highest BCUT2D eigenvalue weighted by molar-refractivity contribution is 5.93. The third kappa shape index (κ3) is 5.82. The van der Waals surface area contributed by atoms with Crippen molar-refractivity contribution >= 4 is 17.6 Å². The molecular formula is C17H25N3O4. The highest BCUT2D eigenvalue weighted by Gasteiger charge is 2.25. The van der Waals surface area contributed by atoms with Gasteiger partial charge in [0, 0.05) is 37.8 Å². The van der Waals surface area contributed by atoms with Gasteiger partial charge >= 0.3 is 5.97 Å². The van der Waals surface area contributed by atoms with Crippen molar-refractivity contribution in [1.82, 2.24) is 9.80 Å². The Bertz CT molecular complexity index is 579. The van der Waals surface area contributed by atoms with E-state index in [1.807, 2.05) is 0 Å². The summed E-state index contributed by atoms with van der Waals surface area (Å²) in [6.07, 6.45) is 0.912. The van der Waals surface area contributed by atoms with Gasteiger partial charge in [0.25, 0.3) is 0 Å². The molecule has 0 bridgehead atoms. The predicted molar refractivity (Wildman–Crippen MR) is 91.0 cm³/mol. The molecule has 1 fully saturated rings. The van der Waals surface area contributed by atoms with Crippen LogP contribution in [0, 0.1) is 5.92 Å². The van der Waals surface area contributed by atoms with Gasteiger partial charge in [0.2, 0.25) is 5.91 Å². The van der Waals surface area contributed by atoms with Gasteiger partial charge in [-0.25, -0.2) is 0 Å². The number of phenolic OH excluding ortho intramolecular Hbond substituents is 1. The lowest BCUT2D eigenvalue weighted by atomic mass is 10.0. The predicted octanol–water partition coefficient (Wildman–Crippen LogP) is 1.06. The molecule has 1 amide bonds. The molecule has 0 radical (unpaired) electrons. The molecule has 7 heteroatoms. The topological polar surface area (TPSA) is 93.1 Å². The molecule has 7 nitrogen and oxygen atoms in total. The van der Waals surface area contributed by atoms with Crippen LogP contribution in [0.15, 0.2) is 24.3 Å². The maximum absolute atomic E-state index is 12.1. The minimum Gasteiger partial charge on any atom is -0.508 e. The number of carboxylic acid groups (broad SMARTS) is 1. The van der Waals surface area contributed by atoms with Crippen molar-refractivity contribution in [3.63, 3.8) is 0 Å². The minimum atomic E-state index is -0.960. The van der Waals surface area contributed by atoms with Gasteiger partial charge in [0.15, 0.2) is 0 Å². The normalized spacial score (nSPS) is 17.9. The van der Waals surface area contributed by atoms with E-state index in [1.165, 1.54) is 12.1 Å². The third-order valence-corrected chi connectivity index (χ3v) is 4.20. The Kier molecular flexibility index (Phi) is 6.57. The van der Waals surface area contributed by atoms with E-state index in [0.717, 1.165) is 32.6 Å². The van der Waals surface area contributed by atoms with Crippen LogP contribution in [0.5, 0.6) is 5.75 Å². The van der Waals surface area contributed by atoms with Gasteiger partial charge in [-0.1, -0.05) is 6.07 Å². The van der Waals surface area contributed by atoms with Crippen LogP contribution in [0.3, 0.4) is 0 Å². The molecule has 0 spiro atoms. The number of likely N-dealkylation sites (N-methyl/N-ethyl adjacent to an activating group) is 1. The number of anilines is 1. The number of phenols is 1. The summed E-state index contributed by atoms with van der Waals surface area (Å²) in [6, 6.07) is 6.20. The molecule has 1 aliphatic rings. The highest BCUT2D eigenvalue weighted by atomic mass is 16.4. The zero-order valence-electron chi connectivity index (χ0n) is 13.9. The summed E-state index contributed by atoms with van der Waals surface area (Å²) < 4.78 is 0. The molecule has 2 rings (SSSR count). The van der Waals surface area contributed by atoms with Gasteiger partial charge < -0.3 is 25.3 Å². The van der Waals surface area contributed by atoms with E-state index in [9.17, 15) is 19.8 Å². The lowest BCUT2D eigenvalue weighted by Crippen LogP contribution is -2.37. The molecule has 0 aliphatic carbocycles. The quantitative estimate of drug-likeness (QED) is 0.720. The average Bonchev–Trinajstić information content (AvgIpc) is 2.71. The summed E-state index contributed by atoms with van der Waals surface area (Å²) in [5.74, 6) is -2.01. The minimum absolute atomic E-state index is 0.0521. The van der Waals surface area contributed by atoms with Crippen molar-refractivity contribution in [2.75, 3.05) is 45.1 Å². The van der Waals surface area contributed by atoms with Crippen molar-refractivity contribution < 1.29 is 19.8 Å². The van der Waals surface area contributed by atoms with Gasteiger partial charge in [-0.15, -0.1) is 0 Å². The van der Waals surface area contributed by atoms with E-state index in [2.05, 4.69) is 22.2 Å².